The Balaban J connectivity index is 2.06. The van der Waals surface area contributed by atoms with Gasteiger partial charge in [-0.3, -0.25) is 0 Å². The van der Waals surface area contributed by atoms with E-state index in [0.717, 1.165) is 5.25 Å². The average molecular weight is 131 g/mol. The van der Waals surface area contributed by atoms with Crippen molar-refractivity contribution in [2.24, 2.45) is 0 Å². The molecule has 1 heterocycles. The van der Waals surface area contributed by atoms with Crippen molar-refractivity contribution in [1.29, 1.82) is 0 Å². The molecule has 0 aromatic heterocycles. The second-order valence-electron chi connectivity index (χ2n) is 2.16. The lowest BCUT2D eigenvalue weighted by Crippen LogP contribution is -2.79. The van der Waals surface area contributed by atoms with Gasteiger partial charge >= 0.3 is 0 Å². The first-order valence-electron chi connectivity index (χ1n) is 3.16. The molecule has 0 radical (unpaired) electrons. The quantitative estimate of drug-likeness (QED) is 0.531. The highest BCUT2D eigenvalue weighted by Crippen LogP contribution is 2.24. The molecule has 8 heavy (non-hydrogen) atoms. The Hall–Kier alpha value is 0.310. The van der Waals surface area contributed by atoms with Crippen LogP contribution < -0.4 is 5.32 Å². The molecular formula is C6H13NS. The molecule has 0 aromatic carbocycles. The summed E-state index contributed by atoms with van der Waals surface area (Å²) in [6.07, 6.45) is 2.83. The van der Waals surface area contributed by atoms with Gasteiger partial charge in [0.25, 0.3) is 0 Å². The Labute approximate surface area is 55.2 Å². The first-order valence-corrected chi connectivity index (χ1v) is 4.21. The first-order chi connectivity index (χ1) is 3.93. The van der Waals surface area contributed by atoms with Crippen LogP contribution in [0.4, 0.5) is 0 Å². The van der Waals surface area contributed by atoms with E-state index in [0.29, 0.717) is 0 Å². The van der Waals surface area contributed by atoms with E-state index < -0.39 is 0 Å². The lowest BCUT2D eigenvalue weighted by Gasteiger charge is -2.05. The second-order valence-corrected chi connectivity index (χ2v) is 3.57. The molecule has 0 spiro atoms. The van der Waals surface area contributed by atoms with Crippen LogP contribution in [0.25, 0.3) is 0 Å². The number of hydrogen-bond acceptors (Lipinski definition) is 1. The molecule has 0 amide bonds. The third-order valence-electron chi connectivity index (χ3n) is 1.45. The molecule has 1 fully saturated rings. The van der Waals surface area contributed by atoms with E-state index in [1.54, 1.807) is 0 Å². The van der Waals surface area contributed by atoms with Crippen LogP contribution in [0.3, 0.4) is 0 Å². The maximum atomic E-state index is 3.71. The highest BCUT2D eigenvalue weighted by molar-refractivity contribution is 8.00. The molecule has 0 aliphatic carbocycles. The fraction of sp³-hybridized carbons (Fsp3) is 0.833. The Morgan fingerprint density at radius 3 is 3.12 bits per heavy atom. The lowest BCUT2D eigenvalue weighted by atomic mass is 10.2. The van der Waals surface area contributed by atoms with Gasteiger partial charge in [-0.25, -0.2) is 0 Å². The fourth-order valence-corrected chi connectivity index (χ4v) is 2.29. The second kappa shape index (κ2) is 3.36. The summed E-state index contributed by atoms with van der Waals surface area (Å²) >= 11 is 2.10. The SMILES string of the molecule is [CH2-][NH2+]CC1CCCS1. The minimum absolute atomic E-state index is 0.910. The number of quaternary nitrogens is 1. The molecule has 0 aromatic rings. The van der Waals surface area contributed by atoms with Gasteiger partial charge in [-0.15, -0.1) is 0 Å². The summed E-state index contributed by atoms with van der Waals surface area (Å²) in [7, 11) is 3.71. The van der Waals surface area contributed by atoms with E-state index in [1.165, 1.54) is 25.1 Å². The number of rotatable bonds is 2. The van der Waals surface area contributed by atoms with Gasteiger partial charge in [0.1, 0.15) is 0 Å². The van der Waals surface area contributed by atoms with Crippen LogP contribution in [0.2, 0.25) is 0 Å². The van der Waals surface area contributed by atoms with Gasteiger partial charge in [0.15, 0.2) is 0 Å². The van der Waals surface area contributed by atoms with Gasteiger partial charge in [-0.1, -0.05) is 0 Å². The zero-order chi connectivity index (χ0) is 5.82. The molecule has 1 nitrogen and oxygen atoms in total. The average Bonchev–Trinajstić information content (AvgIpc) is 2.19. The zero-order valence-electron chi connectivity index (χ0n) is 5.10. The maximum absolute atomic E-state index is 3.71. The molecule has 1 rings (SSSR count). The summed E-state index contributed by atoms with van der Waals surface area (Å²) in [5.74, 6) is 1.37. The van der Waals surface area contributed by atoms with Crippen molar-refractivity contribution >= 4 is 11.8 Å². The van der Waals surface area contributed by atoms with Crippen LogP contribution in [0.5, 0.6) is 0 Å². The molecule has 1 aliphatic heterocycles. The Kier molecular flexibility index (Phi) is 2.70. The Morgan fingerprint density at radius 2 is 2.62 bits per heavy atom. The standard InChI is InChI=1S/C6H13NS/c1-7-5-6-3-2-4-8-6/h6H,1-5,7H2. The van der Waals surface area contributed by atoms with Crippen molar-refractivity contribution in [2.45, 2.75) is 18.1 Å². The highest BCUT2D eigenvalue weighted by atomic mass is 32.2. The summed E-state index contributed by atoms with van der Waals surface area (Å²) in [5, 5.41) is 2.94. The molecule has 1 unspecified atom stereocenters. The smallest absolute Gasteiger partial charge is 0.0636 e. The summed E-state index contributed by atoms with van der Waals surface area (Å²) in [6.45, 7) is 1.21. The molecule has 2 N–H and O–H groups in total. The molecule has 0 bridgehead atoms. The van der Waals surface area contributed by atoms with E-state index in [-0.39, 0.29) is 0 Å². The molecule has 1 aliphatic rings. The van der Waals surface area contributed by atoms with Crippen molar-refractivity contribution < 1.29 is 5.32 Å². The van der Waals surface area contributed by atoms with Crippen LogP contribution >= 0.6 is 11.8 Å². The third kappa shape index (κ3) is 1.67. The maximum Gasteiger partial charge on any atom is 0.0636 e. The van der Waals surface area contributed by atoms with Crippen LogP contribution in [-0.4, -0.2) is 17.5 Å². The van der Waals surface area contributed by atoms with Gasteiger partial charge in [-0.2, -0.15) is 18.8 Å². The molecular weight excluding hydrogens is 118 g/mol. The monoisotopic (exact) mass is 131 g/mol. The van der Waals surface area contributed by atoms with Crippen LogP contribution in [0, 0.1) is 7.05 Å². The van der Waals surface area contributed by atoms with Crippen molar-refractivity contribution in [1.82, 2.24) is 0 Å². The summed E-state index contributed by atoms with van der Waals surface area (Å²) < 4.78 is 0. The van der Waals surface area contributed by atoms with Gasteiger partial charge in [0.05, 0.1) is 11.8 Å². The Bertz CT molecular complexity index is 59.5. The summed E-state index contributed by atoms with van der Waals surface area (Å²) in [5.41, 5.74) is 0. The molecule has 48 valence electrons. The largest absolute Gasteiger partial charge is 0.478 e. The van der Waals surface area contributed by atoms with Gasteiger partial charge in [-0.05, 0) is 18.6 Å². The number of thioether (sulfide) groups is 1. The number of nitrogens with two attached hydrogens (primary N) is 1. The van der Waals surface area contributed by atoms with Crippen LogP contribution in [0.15, 0.2) is 0 Å². The van der Waals surface area contributed by atoms with E-state index in [1.807, 2.05) is 5.32 Å². The topological polar surface area (TPSA) is 16.6 Å². The van der Waals surface area contributed by atoms with Gasteiger partial charge in [0, 0.05) is 0 Å². The fourth-order valence-electron chi connectivity index (χ4n) is 1.02. The zero-order valence-corrected chi connectivity index (χ0v) is 5.91. The normalized spacial score (nSPS) is 28.9. The molecule has 2 heteroatoms. The first kappa shape index (κ1) is 6.43. The van der Waals surface area contributed by atoms with Crippen LogP contribution in [0.1, 0.15) is 12.8 Å². The van der Waals surface area contributed by atoms with E-state index in [2.05, 4.69) is 18.8 Å². The number of hydrogen-bond donors (Lipinski definition) is 1. The minimum atomic E-state index is 0.910. The van der Waals surface area contributed by atoms with Gasteiger partial charge in [0.2, 0.25) is 0 Å². The molecule has 1 atom stereocenters. The van der Waals surface area contributed by atoms with E-state index in [9.17, 15) is 0 Å². The highest BCUT2D eigenvalue weighted by Gasteiger charge is 2.14. The van der Waals surface area contributed by atoms with Crippen LogP contribution in [-0.2, 0) is 0 Å². The lowest BCUT2D eigenvalue weighted by molar-refractivity contribution is -0.594. The van der Waals surface area contributed by atoms with Gasteiger partial charge < -0.3 is 5.32 Å². The Morgan fingerprint density at radius 1 is 1.75 bits per heavy atom. The predicted molar refractivity (Wildman–Crippen MR) is 37.6 cm³/mol. The third-order valence-corrected chi connectivity index (χ3v) is 2.88. The molecule has 0 saturated carbocycles. The van der Waals surface area contributed by atoms with Crippen molar-refractivity contribution in [3.63, 3.8) is 0 Å². The van der Waals surface area contributed by atoms with Crippen molar-refractivity contribution in [3.05, 3.63) is 7.05 Å². The predicted octanol–water partition coefficient (Wildman–Crippen LogP) is 0.237. The van der Waals surface area contributed by atoms with E-state index in [4.69, 9.17) is 0 Å². The summed E-state index contributed by atoms with van der Waals surface area (Å²) in [4.78, 5) is 0. The van der Waals surface area contributed by atoms with E-state index >= 15 is 0 Å². The van der Waals surface area contributed by atoms with Crippen molar-refractivity contribution in [3.8, 4) is 0 Å². The van der Waals surface area contributed by atoms with Crippen molar-refractivity contribution in [2.75, 3.05) is 12.3 Å². The minimum Gasteiger partial charge on any atom is -0.478 e. The summed E-state index contributed by atoms with van der Waals surface area (Å²) in [6, 6.07) is 0. The molecule has 1 saturated heterocycles.